The van der Waals surface area contributed by atoms with Crippen LogP contribution < -0.4 is 28.4 Å². The van der Waals surface area contributed by atoms with E-state index in [9.17, 15) is 66.4 Å². The molecule has 3 saturated carbocycles. The van der Waals surface area contributed by atoms with Crippen molar-refractivity contribution in [1.82, 2.24) is 15.0 Å². The molecule has 3 aliphatic heterocycles. The predicted molar refractivity (Wildman–Crippen MR) is 369 cm³/mol. The van der Waals surface area contributed by atoms with Gasteiger partial charge in [0.05, 0.1) is 116 Å². The first kappa shape index (κ1) is 70.1. The molecular formula is C74H66BrN5O18S3. The molecule has 9 aromatic rings. The molecule has 0 amide bonds. The van der Waals surface area contributed by atoms with Crippen LogP contribution in [0.25, 0.3) is 0 Å². The lowest BCUT2D eigenvalue weighted by Crippen LogP contribution is -2.52. The lowest BCUT2D eigenvalue weighted by Gasteiger charge is -2.40. The number of pyridine rings is 3. The highest BCUT2D eigenvalue weighted by Gasteiger charge is 2.81. The zero-order valence-electron chi connectivity index (χ0n) is 54.7. The number of hydrogen-bond acceptors (Lipinski definition) is 23. The molecule has 27 heteroatoms. The van der Waals surface area contributed by atoms with Crippen LogP contribution in [0.4, 0.5) is 0 Å². The van der Waals surface area contributed by atoms with E-state index in [4.69, 9.17) is 28.4 Å². The van der Waals surface area contributed by atoms with Gasteiger partial charge in [-0.15, -0.1) is 0 Å². The zero-order valence-corrected chi connectivity index (χ0v) is 58.7. The average Bonchev–Trinajstić information content (AvgIpc) is 1.51. The molecule has 6 heterocycles. The van der Waals surface area contributed by atoms with Gasteiger partial charge in [0.1, 0.15) is 68.6 Å². The summed E-state index contributed by atoms with van der Waals surface area (Å²) >= 11 is 3.43. The molecule has 15 rings (SSSR count). The fourth-order valence-electron chi connectivity index (χ4n) is 16.7. The first-order chi connectivity index (χ1) is 48.0. The molecule has 0 radical (unpaired) electrons. The van der Waals surface area contributed by atoms with E-state index < -0.39 is 115 Å². The maximum Gasteiger partial charge on any atom is 0.178 e. The summed E-state index contributed by atoms with van der Waals surface area (Å²) in [6, 6.07) is 50.5. The van der Waals surface area contributed by atoms with Crippen molar-refractivity contribution in [2.45, 2.75) is 85.4 Å². The highest BCUT2D eigenvalue weighted by Crippen LogP contribution is 2.72. The molecule has 101 heavy (non-hydrogen) atoms. The Balaban J connectivity index is 0.000000135. The average molecular weight is 1490 g/mol. The molecule has 0 spiro atoms. The van der Waals surface area contributed by atoms with Crippen molar-refractivity contribution in [3.05, 3.63) is 267 Å². The minimum Gasteiger partial charge on any atom is -0.495 e. The first-order valence-corrected chi connectivity index (χ1v) is 38.1. The van der Waals surface area contributed by atoms with Crippen LogP contribution in [-0.4, -0.2) is 145 Å². The summed E-state index contributed by atoms with van der Waals surface area (Å²) in [4.78, 5) is 12.4. The van der Waals surface area contributed by atoms with Crippen LogP contribution >= 0.6 is 15.9 Å². The Morgan fingerprint density at radius 2 is 0.653 bits per heavy atom. The molecule has 6 aromatic carbocycles. The number of nitrogens with zero attached hydrogens (tertiary/aromatic N) is 5. The van der Waals surface area contributed by atoms with Crippen molar-refractivity contribution in [1.29, 1.82) is 10.5 Å². The lowest BCUT2D eigenvalue weighted by atomic mass is 9.71. The summed E-state index contributed by atoms with van der Waals surface area (Å²) in [5.41, 5.74) is -7.44. The van der Waals surface area contributed by atoms with Gasteiger partial charge < -0.3 is 59.1 Å². The molecule has 23 nitrogen and oxygen atoms in total. The maximum absolute atomic E-state index is 13.1. The maximum atomic E-state index is 13.1. The predicted octanol–water partition coefficient (Wildman–Crippen LogP) is 6.92. The Labute approximate surface area is 590 Å². The van der Waals surface area contributed by atoms with Gasteiger partial charge in [0, 0.05) is 23.2 Å². The number of aliphatic hydroxyl groups is 6. The fourth-order valence-corrected chi connectivity index (χ4v) is 21.5. The van der Waals surface area contributed by atoms with Crippen molar-refractivity contribution in [3.8, 4) is 46.6 Å². The van der Waals surface area contributed by atoms with E-state index in [-0.39, 0.29) is 51.2 Å². The van der Waals surface area contributed by atoms with Crippen LogP contribution in [0, 0.1) is 22.7 Å². The molecule has 0 unspecified atom stereocenters. The van der Waals surface area contributed by atoms with E-state index in [0.717, 1.165) is 23.2 Å². The second-order valence-corrected chi connectivity index (χ2v) is 33.3. The Bertz CT molecular complexity index is 4930. The number of nitriles is 2. The Hall–Kier alpha value is -9.36. The minimum absolute atomic E-state index is 0.133. The second-order valence-electron chi connectivity index (χ2n) is 25.7. The fraction of sp³-hybridized carbons (Fsp3) is 0.284. The summed E-state index contributed by atoms with van der Waals surface area (Å²) in [5.74, 6) is -1.84. The number of fused-ring (bicyclic) bond motifs is 9. The highest BCUT2D eigenvalue weighted by molar-refractivity contribution is 9.10. The zero-order chi connectivity index (χ0) is 72.2. The van der Waals surface area contributed by atoms with Gasteiger partial charge >= 0.3 is 0 Å². The summed E-state index contributed by atoms with van der Waals surface area (Å²) in [6.45, 7) is 0. The number of benzene rings is 6. The van der Waals surface area contributed by atoms with E-state index in [2.05, 4.69) is 43.0 Å². The summed E-state index contributed by atoms with van der Waals surface area (Å²) in [7, 11) is -7.47. The van der Waals surface area contributed by atoms with Gasteiger partial charge in [-0.3, -0.25) is 15.0 Å². The van der Waals surface area contributed by atoms with Crippen LogP contribution in [0.3, 0.4) is 0 Å². The van der Waals surface area contributed by atoms with E-state index in [1.807, 2.05) is 6.07 Å². The number of sulfone groups is 3. The van der Waals surface area contributed by atoms with Gasteiger partial charge in [-0.2, -0.15) is 10.5 Å². The number of ether oxygens (including phenoxy) is 6. The van der Waals surface area contributed by atoms with E-state index >= 15 is 0 Å². The quantitative estimate of drug-likeness (QED) is 0.0722. The van der Waals surface area contributed by atoms with Gasteiger partial charge in [0.2, 0.25) is 0 Å². The number of aromatic nitrogens is 3. The molecule has 0 bridgehead atoms. The van der Waals surface area contributed by atoms with Crippen LogP contribution in [-0.2, 0) is 63.1 Å². The molecule has 3 aliphatic carbocycles. The van der Waals surface area contributed by atoms with Crippen molar-refractivity contribution >= 4 is 45.4 Å². The van der Waals surface area contributed by atoms with Crippen molar-refractivity contribution < 1.29 is 84.3 Å². The first-order valence-electron chi connectivity index (χ1n) is 31.4. The van der Waals surface area contributed by atoms with E-state index in [1.54, 1.807) is 158 Å². The topological polar surface area (TPSA) is 365 Å². The normalized spacial score (nSPS) is 29.8. The van der Waals surface area contributed by atoms with Gasteiger partial charge in [-0.05, 0) is 69.8 Å². The molecule has 0 saturated heterocycles. The summed E-state index contributed by atoms with van der Waals surface area (Å²) in [5, 5.41) is 86.7. The molecule has 520 valence electrons. The van der Waals surface area contributed by atoms with Crippen LogP contribution in [0.2, 0.25) is 0 Å². The molecule has 3 fully saturated rings. The Morgan fingerprint density at radius 1 is 0.406 bits per heavy atom. The van der Waals surface area contributed by atoms with Gasteiger partial charge in [-0.25, -0.2) is 25.3 Å². The molecule has 6 N–H and O–H groups in total. The monoisotopic (exact) mass is 1490 g/mol. The molecule has 6 aliphatic rings. The number of rotatable bonds is 12. The molecule has 15 atom stereocenters. The van der Waals surface area contributed by atoms with Crippen molar-refractivity contribution in [2.75, 3.05) is 40.1 Å². The highest BCUT2D eigenvalue weighted by atomic mass is 79.9. The number of hydrogen-bond donors (Lipinski definition) is 6. The van der Waals surface area contributed by atoms with Crippen molar-refractivity contribution in [3.63, 3.8) is 0 Å². The third-order valence-electron chi connectivity index (χ3n) is 20.6. The largest absolute Gasteiger partial charge is 0.495 e. The summed E-state index contributed by atoms with van der Waals surface area (Å²) < 4.78 is 115. The third kappa shape index (κ3) is 10.2. The van der Waals surface area contributed by atoms with Crippen LogP contribution in [0.5, 0.6) is 34.5 Å². The van der Waals surface area contributed by atoms with Crippen molar-refractivity contribution in [2.24, 2.45) is 0 Å². The second kappa shape index (κ2) is 25.3. The Morgan fingerprint density at radius 3 is 0.881 bits per heavy atom. The van der Waals surface area contributed by atoms with Crippen LogP contribution in [0.1, 0.15) is 79.0 Å². The van der Waals surface area contributed by atoms with Crippen LogP contribution in [0.15, 0.2) is 205 Å². The molecule has 3 aromatic heterocycles. The van der Waals surface area contributed by atoms with Gasteiger partial charge in [-0.1, -0.05) is 143 Å². The molecular weight excluding hydrogens is 1420 g/mol. The smallest absolute Gasteiger partial charge is 0.178 e. The minimum atomic E-state index is -3.91. The number of methoxy groups -OCH3 is 3. The van der Waals surface area contributed by atoms with Gasteiger partial charge in [0.25, 0.3) is 0 Å². The van der Waals surface area contributed by atoms with E-state index in [0.29, 0.717) is 44.5 Å². The number of halogens is 1. The summed E-state index contributed by atoms with van der Waals surface area (Å²) in [6.07, 6.45) is 6.35. The standard InChI is InChI=1S/2C25H22N2O6S.C24H22BrNO6S/c2*1-32-18-13-27-14-19-21(18)24(29)23(28)22(34(2,30)31)20(16-6-4-3-5-7-16)25(24,33-19)17-10-8-15(12-26)9-11-17;1-31-17-12-26-13-18-20(17)23(28)22(27)21(33(2,29)30)19(14-6-4-3-5-7-14)24(23,32-18)15-8-10-16(25)11-9-15/h2*3-11,13-14,20,22-23,28-29H,1-2H3;3-13,19,21-22,27-28H,1-2H3/t2*20-,22-,23-,24+,25+;19-,21-,22-,23+,24+/m111/s1. The Kier molecular flexibility index (Phi) is 17.6. The SMILES string of the molecule is COc1cncc2c1[C@]1(O)[C@H](O)[C@H](S(C)(=O)=O)[C@@H](c3ccccc3)[C@]1(c1ccc(Br)cc1)O2.COc1cncc2c1[C@]1(O)[C@H](O)[C@H](S(C)(=O)=O)[C@@H](c3ccccc3)[C@]1(c1ccc(C#N)cc1)O2.COc1cncc2c1[C@]1(O)[C@H](O)[C@H](S(C)(=O)=O)[C@@H](c3ccccc3)[C@]1(c1ccc(C#N)cc1)O2. The number of aliphatic hydroxyl groups excluding tert-OH is 3. The lowest BCUT2D eigenvalue weighted by molar-refractivity contribution is -0.149. The van der Waals surface area contributed by atoms with Gasteiger partial charge in [0.15, 0.2) is 63.1 Å². The van der Waals surface area contributed by atoms with E-state index in [1.165, 1.54) is 58.5 Å². The third-order valence-corrected chi connectivity index (χ3v) is 25.7.